The number of aryl methyl sites for hydroxylation is 2. The van der Waals surface area contributed by atoms with Crippen LogP contribution in [0.1, 0.15) is 30.4 Å². The van der Waals surface area contributed by atoms with Crippen LogP contribution in [-0.4, -0.2) is 0 Å². The van der Waals surface area contributed by atoms with E-state index in [1.165, 1.54) is 0 Å². The van der Waals surface area contributed by atoms with Gasteiger partial charge in [0.15, 0.2) is 34.9 Å². The Hall–Kier alpha value is -1.98. The summed E-state index contributed by atoms with van der Waals surface area (Å²) >= 11 is 0. The van der Waals surface area contributed by atoms with Gasteiger partial charge in [0, 0.05) is 0 Å². The Morgan fingerprint density at radius 3 is 1.09 bits per heavy atom. The topological polar surface area (TPSA) is 0 Å². The van der Waals surface area contributed by atoms with Crippen molar-refractivity contribution >= 4 is 0 Å². The molecule has 0 fully saturated rings. The van der Waals surface area contributed by atoms with E-state index in [1.54, 1.807) is 0 Å². The van der Waals surface area contributed by atoms with Crippen LogP contribution < -0.4 is 0 Å². The molecule has 0 bridgehead atoms. The van der Waals surface area contributed by atoms with Gasteiger partial charge in [-0.2, -0.15) is 0 Å². The van der Waals surface area contributed by atoms with Crippen LogP contribution in [0.5, 0.6) is 0 Å². The largest absolute Gasteiger partial charge is 0.204 e. The molecular weight excluding hydrogens is 318 g/mol. The molecule has 2 aromatic rings. The lowest BCUT2D eigenvalue weighted by Crippen LogP contribution is -1.97. The minimum Gasteiger partial charge on any atom is -0.204 e. The molecule has 2 rings (SSSR count). The molecule has 0 saturated heterocycles. The third-order valence-electron chi connectivity index (χ3n) is 3.52. The molecule has 0 aliphatic rings. The standard InChI is InChI=1S/C17H14F6/c18-12-6-10(7-13(19)16(12)22)4-2-1-3-5-11-8-14(20)17(23)15(21)9-11/h6-9H,1-5H2. The second-order valence-electron chi connectivity index (χ2n) is 5.31. The molecule has 0 aliphatic heterocycles. The lowest BCUT2D eigenvalue weighted by atomic mass is 10.0. The molecule has 0 atom stereocenters. The Morgan fingerprint density at radius 2 is 0.783 bits per heavy atom. The van der Waals surface area contributed by atoms with Crippen molar-refractivity contribution in [2.45, 2.75) is 32.1 Å². The number of hydrogen-bond acceptors (Lipinski definition) is 0. The van der Waals surface area contributed by atoms with Crippen molar-refractivity contribution in [1.29, 1.82) is 0 Å². The molecule has 0 unspecified atom stereocenters. The SMILES string of the molecule is Fc1cc(CCCCCc2cc(F)c(F)c(F)c2)cc(F)c1F. The molecule has 0 nitrogen and oxygen atoms in total. The smallest absolute Gasteiger partial charge is 0.194 e. The highest BCUT2D eigenvalue weighted by Crippen LogP contribution is 2.18. The third-order valence-corrected chi connectivity index (χ3v) is 3.52. The van der Waals surface area contributed by atoms with Crippen LogP contribution in [0.25, 0.3) is 0 Å². The van der Waals surface area contributed by atoms with Crippen LogP contribution in [0.2, 0.25) is 0 Å². The number of unbranched alkanes of at least 4 members (excludes halogenated alkanes) is 2. The Bertz CT molecular complexity index is 590. The van der Waals surface area contributed by atoms with Crippen molar-refractivity contribution in [1.82, 2.24) is 0 Å². The molecule has 0 amide bonds. The Balaban J connectivity index is 1.80. The summed E-state index contributed by atoms with van der Waals surface area (Å²) in [4.78, 5) is 0. The van der Waals surface area contributed by atoms with E-state index >= 15 is 0 Å². The molecule has 6 heteroatoms. The molecule has 0 saturated carbocycles. The lowest BCUT2D eigenvalue weighted by molar-refractivity contribution is 0.444. The van der Waals surface area contributed by atoms with Crippen LogP contribution in [-0.2, 0) is 12.8 Å². The molecule has 0 heterocycles. The molecule has 124 valence electrons. The fraction of sp³-hybridized carbons (Fsp3) is 0.294. The number of hydrogen-bond donors (Lipinski definition) is 0. The van der Waals surface area contributed by atoms with Crippen LogP contribution in [0.15, 0.2) is 24.3 Å². The first kappa shape index (κ1) is 17.4. The van der Waals surface area contributed by atoms with Gasteiger partial charge in [-0.05, 0) is 61.1 Å². The maximum atomic E-state index is 13.0. The fourth-order valence-corrected chi connectivity index (χ4v) is 2.34. The van der Waals surface area contributed by atoms with E-state index < -0.39 is 34.9 Å². The highest BCUT2D eigenvalue weighted by molar-refractivity contribution is 5.20. The summed E-state index contributed by atoms with van der Waals surface area (Å²) in [6.45, 7) is 0. The van der Waals surface area contributed by atoms with Gasteiger partial charge in [0.2, 0.25) is 0 Å². The maximum absolute atomic E-state index is 13.0. The van der Waals surface area contributed by atoms with Gasteiger partial charge in [-0.3, -0.25) is 0 Å². The van der Waals surface area contributed by atoms with Crippen molar-refractivity contribution in [2.24, 2.45) is 0 Å². The van der Waals surface area contributed by atoms with Gasteiger partial charge in [0.05, 0.1) is 0 Å². The quantitative estimate of drug-likeness (QED) is 0.373. The van der Waals surface area contributed by atoms with Gasteiger partial charge in [0.25, 0.3) is 0 Å². The second-order valence-corrected chi connectivity index (χ2v) is 5.31. The van der Waals surface area contributed by atoms with E-state index in [-0.39, 0.29) is 0 Å². The Morgan fingerprint density at radius 1 is 0.478 bits per heavy atom. The van der Waals surface area contributed by atoms with Crippen LogP contribution in [0, 0.1) is 34.9 Å². The summed E-state index contributed by atoms with van der Waals surface area (Å²) in [6, 6.07) is 3.79. The van der Waals surface area contributed by atoms with E-state index in [9.17, 15) is 26.3 Å². The molecule has 0 spiro atoms. The first-order chi connectivity index (χ1) is 10.9. The molecule has 0 radical (unpaired) electrons. The van der Waals surface area contributed by atoms with Crippen molar-refractivity contribution in [3.63, 3.8) is 0 Å². The average molecular weight is 332 g/mol. The average Bonchev–Trinajstić information content (AvgIpc) is 2.49. The third kappa shape index (κ3) is 4.50. The first-order valence-corrected chi connectivity index (χ1v) is 7.15. The maximum Gasteiger partial charge on any atom is 0.194 e. The minimum absolute atomic E-state index is 0.347. The van der Waals surface area contributed by atoms with Gasteiger partial charge in [0.1, 0.15) is 0 Å². The molecular formula is C17H14F6. The van der Waals surface area contributed by atoms with Gasteiger partial charge >= 0.3 is 0 Å². The van der Waals surface area contributed by atoms with E-state index in [2.05, 4.69) is 0 Å². The number of rotatable bonds is 6. The normalized spacial score (nSPS) is 11.0. The van der Waals surface area contributed by atoms with Gasteiger partial charge in [-0.1, -0.05) is 6.42 Å². The number of benzene rings is 2. The second kappa shape index (κ2) is 7.53. The fourth-order valence-electron chi connectivity index (χ4n) is 2.34. The van der Waals surface area contributed by atoms with E-state index in [0.717, 1.165) is 24.3 Å². The number of halogens is 6. The molecule has 0 aromatic heterocycles. The van der Waals surface area contributed by atoms with E-state index in [1.807, 2.05) is 0 Å². The highest BCUT2D eigenvalue weighted by atomic mass is 19.2. The van der Waals surface area contributed by atoms with Crippen molar-refractivity contribution in [3.05, 3.63) is 70.3 Å². The molecule has 0 aliphatic carbocycles. The first-order valence-electron chi connectivity index (χ1n) is 7.15. The minimum atomic E-state index is -1.49. The molecule has 0 N–H and O–H groups in total. The summed E-state index contributed by atoms with van der Waals surface area (Å²) in [5.74, 6) is -7.88. The zero-order valence-electron chi connectivity index (χ0n) is 12.1. The lowest BCUT2D eigenvalue weighted by Gasteiger charge is -2.05. The van der Waals surface area contributed by atoms with Crippen molar-refractivity contribution in [3.8, 4) is 0 Å². The van der Waals surface area contributed by atoms with Crippen molar-refractivity contribution < 1.29 is 26.3 Å². The summed E-state index contributed by atoms with van der Waals surface area (Å²) in [5, 5.41) is 0. The van der Waals surface area contributed by atoms with E-state index in [4.69, 9.17) is 0 Å². The summed E-state index contributed by atoms with van der Waals surface area (Å²) in [5.41, 5.74) is 0.695. The highest BCUT2D eigenvalue weighted by Gasteiger charge is 2.11. The Kier molecular flexibility index (Phi) is 5.69. The summed E-state index contributed by atoms with van der Waals surface area (Å²) < 4.78 is 77.7. The zero-order valence-corrected chi connectivity index (χ0v) is 12.1. The monoisotopic (exact) mass is 332 g/mol. The van der Waals surface area contributed by atoms with E-state index in [0.29, 0.717) is 43.2 Å². The van der Waals surface area contributed by atoms with Gasteiger partial charge < -0.3 is 0 Å². The van der Waals surface area contributed by atoms with Crippen LogP contribution >= 0.6 is 0 Å². The Labute approximate surface area is 129 Å². The summed E-state index contributed by atoms with van der Waals surface area (Å²) in [6.07, 6.45) is 2.52. The van der Waals surface area contributed by atoms with Crippen molar-refractivity contribution in [2.75, 3.05) is 0 Å². The van der Waals surface area contributed by atoms with Crippen LogP contribution in [0.3, 0.4) is 0 Å². The predicted molar refractivity (Wildman–Crippen MR) is 73.9 cm³/mol. The van der Waals surface area contributed by atoms with Gasteiger partial charge in [-0.25, -0.2) is 26.3 Å². The van der Waals surface area contributed by atoms with Gasteiger partial charge in [-0.15, -0.1) is 0 Å². The summed E-state index contributed by atoms with van der Waals surface area (Å²) in [7, 11) is 0. The molecule has 23 heavy (non-hydrogen) atoms. The zero-order chi connectivity index (χ0) is 17.0. The predicted octanol–water partition coefficient (Wildman–Crippen LogP) is 5.48. The molecule has 2 aromatic carbocycles. The van der Waals surface area contributed by atoms with Crippen LogP contribution in [0.4, 0.5) is 26.3 Å².